The van der Waals surface area contributed by atoms with Gasteiger partial charge in [0.2, 0.25) is 0 Å². The minimum Gasteiger partial charge on any atom is -0.300 e. The molecule has 1 atom stereocenters. The van der Waals surface area contributed by atoms with Crippen molar-refractivity contribution in [1.82, 2.24) is 10.6 Å². The maximum absolute atomic E-state index is 13.6. The van der Waals surface area contributed by atoms with Crippen molar-refractivity contribution in [2.45, 2.75) is 6.04 Å². The molecule has 2 rings (SSSR count). The van der Waals surface area contributed by atoms with Crippen molar-refractivity contribution in [3.05, 3.63) is 34.6 Å². The predicted molar refractivity (Wildman–Crippen MR) is 54.2 cm³/mol. The first-order chi connectivity index (χ1) is 7.20. The lowest BCUT2D eigenvalue weighted by Gasteiger charge is -2.22. The normalized spacial score (nSPS) is 21.2. The van der Waals surface area contributed by atoms with E-state index in [0.717, 1.165) is 0 Å². The van der Waals surface area contributed by atoms with Crippen molar-refractivity contribution in [2.75, 3.05) is 13.1 Å². The third-order valence-electron chi connectivity index (χ3n) is 2.27. The summed E-state index contributed by atoms with van der Waals surface area (Å²) >= 11 is 5.64. The molecule has 1 aromatic carbocycles. The van der Waals surface area contributed by atoms with E-state index in [0.29, 0.717) is 13.1 Å². The number of nitrogens with zero attached hydrogens (tertiary/aromatic N) is 1. The molecule has 0 saturated carbocycles. The summed E-state index contributed by atoms with van der Waals surface area (Å²) in [6.07, 6.45) is 0. The third-order valence-corrected chi connectivity index (χ3v) is 2.56. The zero-order valence-electron chi connectivity index (χ0n) is 7.84. The molecule has 1 aromatic rings. The lowest BCUT2D eigenvalue weighted by atomic mass is 10.0. The van der Waals surface area contributed by atoms with Crippen LogP contribution in [0.25, 0.3) is 0 Å². The summed E-state index contributed by atoms with van der Waals surface area (Å²) < 4.78 is 13.6. The van der Waals surface area contributed by atoms with Gasteiger partial charge in [-0.2, -0.15) is 0 Å². The summed E-state index contributed by atoms with van der Waals surface area (Å²) in [6.45, 7) is 1.01. The zero-order chi connectivity index (χ0) is 10.8. The van der Waals surface area contributed by atoms with Crippen molar-refractivity contribution in [3.8, 4) is 0 Å². The summed E-state index contributed by atoms with van der Waals surface area (Å²) in [5, 5.41) is 6.68. The van der Waals surface area contributed by atoms with Crippen LogP contribution in [0.15, 0.2) is 18.2 Å². The highest BCUT2D eigenvalue weighted by atomic mass is 35.5. The number of halogens is 2. The molecule has 0 spiro atoms. The second-order valence-electron chi connectivity index (χ2n) is 3.25. The van der Waals surface area contributed by atoms with Crippen molar-refractivity contribution in [3.63, 3.8) is 0 Å². The highest BCUT2D eigenvalue weighted by Gasteiger charge is 2.27. The molecule has 0 aromatic heterocycles. The number of amides is 1. The van der Waals surface area contributed by atoms with Gasteiger partial charge < -0.3 is 5.32 Å². The van der Waals surface area contributed by atoms with E-state index in [1.165, 1.54) is 12.1 Å². The molecule has 15 heavy (non-hydrogen) atoms. The van der Waals surface area contributed by atoms with Gasteiger partial charge in [-0.25, -0.2) is 9.71 Å². The maximum atomic E-state index is 13.6. The van der Waals surface area contributed by atoms with E-state index in [4.69, 9.17) is 11.6 Å². The summed E-state index contributed by atoms with van der Waals surface area (Å²) in [5.74, 6) is -0.899. The smallest absolute Gasteiger partial charge is 0.263 e. The van der Waals surface area contributed by atoms with Gasteiger partial charge in [0.05, 0.1) is 11.6 Å². The molecule has 0 bridgehead atoms. The second kappa shape index (κ2) is 4.16. The molecule has 1 amide bonds. The fourth-order valence-corrected chi connectivity index (χ4v) is 1.72. The summed E-state index contributed by atoms with van der Waals surface area (Å²) in [6, 6.07) is 3.91. The minimum absolute atomic E-state index is 0.0210. The van der Waals surface area contributed by atoms with Crippen LogP contribution in [0.3, 0.4) is 0 Å². The Kier molecular flexibility index (Phi) is 2.88. The van der Waals surface area contributed by atoms with Gasteiger partial charge in [-0.3, -0.25) is 4.79 Å². The summed E-state index contributed by atoms with van der Waals surface area (Å²) in [5.41, 5.74) is 0.260. The highest BCUT2D eigenvalue weighted by Crippen LogP contribution is 2.24. The Balaban J connectivity index is 2.35. The van der Waals surface area contributed by atoms with Crippen LogP contribution in [-0.4, -0.2) is 19.0 Å². The van der Waals surface area contributed by atoms with E-state index >= 15 is 0 Å². The fourth-order valence-electron chi connectivity index (χ4n) is 1.54. The molecule has 3 nitrogen and oxygen atoms in total. The summed E-state index contributed by atoms with van der Waals surface area (Å²) in [4.78, 5) is 11.4. The number of carbonyl (C=O) groups excluding carboxylic acids is 1. The van der Waals surface area contributed by atoms with Crippen LogP contribution in [0, 0.1) is 5.82 Å². The lowest BCUT2D eigenvalue weighted by Crippen LogP contribution is -2.43. The first-order valence-electron chi connectivity index (χ1n) is 4.59. The van der Waals surface area contributed by atoms with E-state index in [1.807, 2.05) is 0 Å². The van der Waals surface area contributed by atoms with Crippen LogP contribution in [0.5, 0.6) is 0 Å². The summed E-state index contributed by atoms with van der Waals surface area (Å²) in [7, 11) is 0. The number of hydrogen-bond donors (Lipinski definition) is 1. The molecule has 1 heterocycles. The van der Waals surface area contributed by atoms with Gasteiger partial charge in [-0.05, 0) is 6.07 Å². The van der Waals surface area contributed by atoms with Gasteiger partial charge in [-0.1, -0.05) is 23.7 Å². The Morgan fingerprint density at radius 3 is 3.07 bits per heavy atom. The van der Waals surface area contributed by atoms with E-state index in [-0.39, 0.29) is 16.5 Å². The first kappa shape index (κ1) is 10.4. The van der Waals surface area contributed by atoms with Crippen LogP contribution < -0.4 is 10.6 Å². The SMILES string of the molecule is O=C1[N]CCNC1c1cccc(Cl)c1F. The minimum atomic E-state index is -0.697. The molecule has 1 aliphatic rings. The average molecular weight is 228 g/mol. The van der Waals surface area contributed by atoms with Crippen LogP contribution in [0.4, 0.5) is 4.39 Å². The molecule has 1 aliphatic heterocycles. The molecule has 1 N–H and O–H groups in total. The van der Waals surface area contributed by atoms with Crippen molar-refractivity contribution < 1.29 is 9.18 Å². The van der Waals surface area contributed by atoms with E-state index in [9.17, 15) is 9.18 Å². The number of piperazine rings is 1. The van der Waals surface area contributed by atoms with Gasteiger partial charge >= 0.3 is 0 Å². The first-order valence-corrected chi connectivity index (χ1v) is 4.96. The fraction of sp³-hybridized carbons (Fsp3) is 0.300. The van der Waals surface area contributed by atoms with E-state index in [2.05, 4.69) is 10.6 Å². The number of hydrogen-bond acceptors (Lipinski definition) is 2. The van der Waals surface area contributed by atoms with Gasteiger partial charge in [0.1, 0.15) is 11.9 Å². The zero-order valence-corrected chi connectivity index (χ0v) is 8.59. The molecule has 1 saturated heterocycles. The Hall–Kier alpha value is -1.13. The van der Waals surface area contributed by atoms with Gasteiger partial charge in [-0.15, -0.1) is 0 Å². The van der Waals surface area contributed by atoms with Crippen LogP contribution in [0.2, 0.25) is 5.02 Å². The second-order valence-corrected chi connectivity index (χ2v) is 3.66. The van der Waals surface area contributed by atoms with Crippen LogP contribution in [-0.2, 0) is 4.79 Å². The number of nitrogens with one attached hydrogen (secondary N) is 1. The largest absolute Gasteiger partial charge is 0.300 e. The lowest BCUT2D eigenvalue weighted by molar-refractivity contribution is -0.124. The van der Waals surface area contributed by atoms with Crippen LogP contribution >= 0.6 is 11.6 Å². The Morgan fingerprint density at radius 2 is 2.33 bits per heavy atom. The maximum Gasteiger partial charge on any atom is 0.263 e. The van der Waals surface area contributed by atoms with Crippen LogP contribution in [0.1, 0.15) is 11.6 Å². The Bertz CT molecular complexity index is 397. The monoisotopic (exact) mass is 227 g/mol. The molecule has 79 valence electrons. The van der Waals surface area contributed by atoms with Crippen molar-refractivity contribution >= 4 is 17.5 Å². The molecule has 1 radical (unpaired) electrons. The molecular formula is C10H9ClFN2O. The molecular weight excluding hydrogens is 219 g/mol. The van der Waals surface area contributed by atoms with E-state index < -0.39 is 11.9 Å². The van der Waals surface area contributed by atoms with Gasteiger partial charge in [0.15, 0.2) is 0 Å². The number of carbonyl (C=O) groups is 1. The van der Waals surface area contributed by atoms with E-state index in [1.54, 1.807) is 6.07 Å². The Labute approximate surface area is 91.6 Å². The number of benzene rings is 1. The van der Waals surface area contributed by atoms with Crippen molar-refractivity contribution in [2.24, 2.45) is 0 Å². The van der Waals surface area contributed by atoms with Crippen molar-refractivity contribution in [1.29, 1.82) is 0 Å². The highest BCUT2D eigenvalue weighted by molar-refractivity contribution is 6.30. The standard InChI is InChI=1S/C10H9ClFN2O/c11-7-3-1-2-6(8(7)12)9-10(15)14-5-4-13-9/h1-3,9,13H,4-5H2. The molecule has 5 heteroatoms. The predicted octanol–water partition coefficient (Wildman–Crippen LogP) is 1.25. The average Bonchev–Trinajstić information content (AvgIpc) is 2.23. The molecule has 1 fully saturated rings. The molecule has 1 unspecified atom stereocenters. The quantitative estimate of drug-likeness (QED) is 0.785. The third kappa shape index (κ3) is 1.96. The molecule has 0 aliphatic carbocycles. The Morgan fingerprint density at radius 1 is 1.53 bits per heavy atom. The topological polar surface area (TPSA) is 43.2 Å². The number of rotatable bonds is 1. The van der Waals surface area contributed by atoms with Gasteiger partial charge in [0, 0.05) is 12.1 Å². The van der Waals surface area contributed by atoms with Gasteiger partial charge in [0.25, 0.3) is 5.91 Å².